The molecule has 0 bridgehead atoms. The minimum absolute atomic E-state index is 0.0563. The van der Waals surface area contributed by atoms with Crippen LogP contribution in [0.2, 0.25) is 0 Å². The third-order valence-electron chi connectivity index (χ3n) is 8.19. The van der Waals surface area contributed by atoms with E-state index in [1.54, 1.807) is 23.0 Å². The molecular formula is C29H36N4O3S. The molecule has 1 aromatic heterocycles. The number of imidazole rings is 1. The van der Waals surface area contributed by atoms with Gasteiger partial charge in [0.25, 0.3) is 10.0 Å². The normalized spacial score (nSPS) is 23.6. The first-order valence-corrected chi connectivity index (χ1v) is 14.2. The maximum absolute atomic E-state index is 13.7. The van der Waals surface area contributed by atoms with E-state index in [-0.39, 0.29) is 23.0 Å². The lowest BCUT2D eigenvalue weighted by atomic mass is 9.74. The van der Waals surface area contributed by atoms with Gasteiger partial charge in [-0.25, -0.2) is 13.4 Å². The second-order valence-corrected chi connectivity index (χ2v) is 12.1. The van der Waals surface area contributed by atoms with Gasteiger partial charge < -0.3 is 9.30 Å². The number of aromatic nitrogens is 2. The first kappa shape index (κ1) is 25.9. The fourth-order valence-corrected chi connectivity index (χ4v) is 7.35. The van der Waals surface area contributed by atoms with Crippen LogP contribution >= 0.6 is 0 Å². The lowest BCUT2D eigenvalue weighted by Crippen LogP contribution is -2.67. The van der Waals surface area contributed by atoms with Crippen molar-refractivity contribution in [2.75, 3.05) is 33.4 Å². The van der Waals surface area contributed by atoms with E-state index in [9.17, 15) is 8.42 Å². The van der Waals surface area contributed by atoms with Gasteiger partial charge in [-0.3, -0.25) is 4.90 Å². The summed E-state index contributed by atoms with van der Waals surface area (Å²) in [5, 5.41) is 0.229. The van der Waals surface area contributed by atoms with Crippen LogP contribution in [-0.2, 0) is 21.8 Å². The third kappa shape index (κ3) is 4.56. The Morgan fingerprint density at radius 1 is 1.03 bits per heavy atom. The minimum Gasteiger partial charge on any atom is -0.383 e. The molecule has 0 radical (unpaired) electrons. The molecule has 1 fully saturated rings. The third-order valence-corrected chi connectivity index (χ3v) is 10.1. The van der Waals surface area contributed by atoms with E-state index in [4.69, 9.17) is 4.74 Å². The van der Waals surface area contributed by atoms with Crippen molar-refractivity contribution in [1.82, 2.24) is 18.8 Å². The molecule has 2 unspecified atom stereocenters. The van der Waals surface area contributed by atoms with Crippen LogP contribution in [0.5, 0.6) is 0 Å². The maximum Gasteiger partial charge on any atom is 0.260 e. The molecule has 196 valence electrons. The van der Waals surface area contributed by atoms with Crippen molar-refractivity contribution in [2.45, 2.75) is 43.8 Å². The second-order valence-electron chi connectivity index (χ2n) is 10.2. The monoisotopic (exact) mass is 520 g/mol. The van der Waals surface area contributed by atoms with Crippen molar-refractivity contribution in [2.24, 2.45) is 7.05 Å². The Kier molecular flexibility index (Phi) is 7.11. The Morgan fingerprint density at radius 3 is 2.43 bits per heavy atom. The molecule has 8 heteroatoms. The highest BCUT2D eigenvalue weighted by molar-refractivity contribution is 7.89. The number of methoxy groups -OCH3 is 1. The molecule has 2 aromatic carbocycles. The Hall–Kier alpha value is -2.78. The number of hydrogen-bond acceptors (Lipinski definition) is 5. The molecule has 3 aromatic rings. The van der Waals surface area contributed by atoms with Crippen molar-refractivity contribution in [3.63, 3.8) is 0 Å². The van der Waals surface area contributed by atoms with Gasteiger partial charge >= 0.3 is 0 Å². The molecule has 2 aliphatic rings. The summed E-state index contributed by atoms with van der Waals surface area (Å²) in [6.45, 7) is 8.27. The Morgan fingerprint density at radius 2 is 1.76 bits per heavy atom. The molecule has 0 saturated carbocycles. The number of hydrogen-bond donors (Lipinski definition) is 0. The number of nitrogens with zero attached hydrogens (tertiary/aromatic N) is 4. The molecule has 3 atom stereocenters. The van der Waals surface area contributed by atoms with Gasteiger partial charge in [-0.15, -0.1) is 0 Å². The molecule has 0 spiro atoms. The van der Waals surface area contributed by atoms with Crippen LogP contribution in [0.3, 0.4) is 0 Å². The van der Waals surface area contributed by atoms with Gasteiger partial charge in [0.1, 0.15) is 5.82 Å². The fourth-order valence-electron chi connectivity index (χ4n) is 5.79. The van der Waals surface area contributed by atoms with E-state index in [0.29, 0.717) is 25.5 Å². The number of benzene rings is 2. The smallest absolute Gasteiger partial charge is 0.260 e. The van der Waals surface area contributed by atoms with Crippen molar-refractivity contribution >= 4 is 10.0 Å². The molecule has 0 N–H and O–H groups in total. The van der Waals surface area contributed by atoms with E-state index in [1.807, 2.05) is 13.0 Å². The number of sulfonamides is 1. The second kappa shape index (κ2) is 10.2. The van der Waals surface area contributed by atoms with Crippen molar-refractivity contribution in [3.05, 3.63) is 83.3 Å². The van der Waals surface area contributed by atoms with E-state index in [2.05, 4.69) is 72.3 Å². The van der Waals surface area contributed by atoms with Crippen molar-refractivity contribution in [1.29, 1.82) is 0 Å². The predicted molar refractivity (Wildman–Crippen MR) is 146 cm³/mol. The summed E-state index contributed by atoms with van der Waals surface area (Å²) < 4.78 is 36.2. The standard InChI is InChI=1S/C29H36N4O3S/c1-20-9-8-10-25(21(20)2)23-11-13-24(14-12-23)29-26-18-32(15-6-7-16-33(26)27(29)19-36-5)37(34,35)28-17-30-22(3)31(28)4/h6-14,17,26-27,29H,15-16,18-19H2,1-5H3/b7-6-/t26?,27?,29-/m0/s1. The molecule has 0 aliphatic carbocycles. The summed E-state index contributed by atoms with van der Waals surface area (Å²) in [5.74, 6) is 0.846. The predicted octanol–water partition coefficient (Wildman–Crippen LogP) is 4.06. The largest absolute Gasteiger partial charge is 0.383 e. The van der Waals surface area contributed by atoms with Gasteiger partial charge in [0.2, 0.25) is 0 Å². The fraction of sp³-hybridized carbons (Fsp3) is 0.414. The van der Waals surface area contributed by atoms with E-state index in [1.165, 1.54) is 34.0 Å². The Balaban J connectivity index is 1.46. The van der Waals surface area contributed by atoms with Crippen LogP contribution in [0.15, 0.2) is 65.8 Å². The summed E-state index contributed by atoms with van der Waals surface area (Å²) in [7, 11) is -0.215. The zero-order valence-corrected chi connectivity index (χ0v) is 23.1. The van der Waals surface area contributed by atoms with E-state index >= 15 is 0 Å². The van der Waals surface area contributed by atoms with Crippen LogP contribution in [0, 0.1) is 20.8 Å². The van der Waals surface area contributed by atoms with Crippen LogP contribution in [-0.4, -0.2) is 72.6 Å². The van der Waals surface area contributed by atoms with Crippen LogP contribution in [0.4, 0.5) is 0 Å². The summed E-state index contributed by atoms with van der Waals surface area (Å²) in [6.07, 6.45) is 5.49. The summed E-state index contributed by atoms with van der Waals surface area (Å²) in [4.78, 5) is 6.60. The first-order chi connectivity index (χ1) is 17.7. The highest BCUT2D eigenvalue weighted by atomic mass is 32.2. The first-order valence-electron chi connectivity index (χ1n) is 12.8. The molecule has 37 heavy (non-hydrogen) atoms. The Bertz CT molecular complexity index is 1410. The van der Waals surface area contributed by atoms with Crippen molar-refractivity contribution < 1.29 is 13.2 Å². The number of fused-ring (bicyclic) bond motifs is 1. The zero-order chi connectivity index (χ0) is 26.3. The average Bonchev–Trinajstić information content (AvgIpc) is 3.21. The van der Waals surface area contributed by atoms with Gasteiger partial charge in [-0.05, 0) is 48.6 Å². The molecule has 2 aliphatic heterocycles. The van der Waals surface area contributed by atoms with E-state index < -0.39 is 10.0 Å². The summed E-state index contributed by atoms with van der Waals surface area (Å²) >= 11 is 0. The van der Waals surface area contributed by atoms with Crippen LogP contribution in [0.25, 0.3) is 11.1 Å². The topological polar surface area (TPSA) is 67.7 Å². The Labute approximate surface area is 220 Å². The summed E-state index contributed by atoms with van der Waals surface area (Å²) in [5.41, 5.74) is 6.23. The SMILES string of the molecule is COCC1[C@@H](c2ccc(-c3cccc(C)c3C)cc2)C2CN(S(=O)(=O)c3cnc(C)n3C)C/C=C\CN12. The summed E-state index contributed by atoms with van der Waals surface area (Å²) in [6, 6.07) is 15.5. The molecular weight excluding hydrogens is 484 g/mol. The van der Waals surface area contributed by atoms with Gasteiger partial charge in [0.05, 0.1) is 12.8 Å². The lowest BCUT2D eigenvalue weighted by molar-refractivity contribution is -0.0508. The molecule has 0 amide bonds. The molecule has 7 nitrogen and oxygen atoms in total. The lowest BCUT2D eigenvalue weighted by Gasteiger charge is -2.56. The van der Waals surface area contributed by atoms with Crippen molar-refractivity contribution in [3.8, 4) is 11.1 Å². The van der Waals surface area contributed by atoms with Gasteiger partial charge in [0.15, 0.2) is 5.03 Å². The van der Waals surface area contributed by atoms with Gasteiger partial charge in [-0.2, -0.15) is 4.31 Å². The van der Waals surface area contributed by atoms with Crippen LogP contribution < -0.4 is 0 Å². The van der Waals surface area contributed by atoms with E-state index in [0.717, 1.165) is 6.54 Å². The highest BCUT2D eigenvalue weighted by Crippen LogP contribution is 2.43. The minimum atomic E-state index is -3.70. The van der Waals surface area contributed by atoms with Gasteiger partial charge in [-0.1, -0.05) is 54.6 Å². The quantitative estimate of drug-likeness (QED) is 0.459. The average molecular weight is 521 g/mol. The maximum atomic E-state index is 13.7. The number of rotatable bonds is 6. The number of ether oxygens (including phenoxy) is 1. The molecule has 5 rings (SSSR count). The zero-order valence-electron chi connectivity index (χ0n) is 22.3. The van der Waals surface area contributed by atoms with Gasteiger partial charge in [0, 0.05) is 51.8 Å². The molecule has 3 heterocycles. The van der Waals surface area contributed by atoms with Crippen LogP contribution in [0.1, 0.15) is 28.4 Å². The number of aryl methyl sites for hydroxylation is 2. The molecule has 1 saturated heterocycles. The highest BCUT2D eigenvalue weighted by Gasteiger charge is 2.50.